The van der Waals surface area contributed by atoms with Gasteiger partial charge in [0.25, 0.3) is 11.6 Å². The Bertz CT molecular complexity index is 1130. The Balaban J connectivity index is 1.63. The first-order valence-corrected chi connectivity index (χ1v) is 11.3. The van der Waals surface area contributed by atoms with Crippen molar-refractivity contribution >= 4 is 39.5 Å². The standard InChI is InChI=1S/C23H22ClN3O4S/c1-25(15-17-13-18(27(29)30)7-8-20(17)24)22(28)21-14-19(16-5-3-2-4-6-16)23(32-21)26-9-11-31-12-10-26/h2-8,13-14H,9-12,15H2,1H3. The second-order valence-electron chi connectivity index (χ2n) is 7.49. The van der Waals surface area contributed by atoms with Crippen LogP contribution in [0, 0.1) is 10.1 Å². The van der Waals surface area contributed by atoms with E-state index in [2.05, 4.69) is 4.90 Å². The van der Waals surface area contributed by atoms with E-state index in [1.165, 1.54) is 34.4 Å². The maximum absolute atomic E-state index is 13.3. The van der Waals surface area contributed by atoms with Crippen LogP contribution in [-0.2, 0) is 11.3 Å². The Hall–Kier alpha value is -2.94. The van der Waals surface area contributed by atoms with Crippen LogP contribution < -0.4 is 4.90 Å². The maximum Gasteiger partial charge on any atom is 0.269 e. The van der Waals surface area contributed by atoms with Gasteiger partial charge in [0.1, 0.15) is 0 Å². The highest BCUT2D eigenvalue weighted by Gasteiger charge is 2.24. The molecule has 9 heteroatoms. The number of nitro groups is 1. The van der Waals surface area contributed by atoms with E-state index in [0.29, 0.717) is 28.7 Å². The monoisotopic (exact) mass is 471 g/mol. The number of halogens is 1. The Morgan fingerprint density at radius 1 is 1.19 bits per heavy atom. The van der Waals surface area contributed by atoms with Gasteiger partial charge in [-0.3, -0.25) is 14.9 Å². The largest absolute Gasteiger partial charge is 0.378 e. The van der Waals surface area contributed by atoms with E-state index in [9.17, 15) is 14.9 Å². The second kappa shape index (κ2) is 9.68. The van der Waals surface area contributed by atoms with Crippen LogP contribution in [0.1, 0.15) is 15.2 Å². The van der Waals surface area contributed by atoms with E-state index in [4.69, 9.17) is 16.3 Å². The third-order valence-corrected chi connectivity index (χ3v) is 6.85. The SMILES string of the molecule is CN(Cc1cc([N+](=O)[O-])ccc1Cl)C(=O)c1cc(-c2ccccc2)c(N2CCOCC2)s1. The molecule has 0 radical (unpaired) electrons. The molecule has 1 aliphatic heterocycles. The lowest BCUT2D eigenvalue weighted by molar-refractivity contribution is -0.384. The van der Waals surface area contributed by atoms with Crippen molar-refractivity contribution in [3.63, 3.8) is 0 Å². The van der Waals surface area contributed by atoms with E-state index in [1.807, 2.05) is 36.4 Å². The van der Waals surface area contributed by atoms with E-state index < -0.39 is 4.92 Å². The number of rotatable bonds is 6. The summed E-state index contributed by atoms with van der Waals surface area (Å²) in [5.41, 5.74) is 2.55. The Morgan fingerprint density at radius 2 is 1.91 bits per heavy atom. The molecular weight excluding hydrogens is 450 g/mol. The molecule has 4 rings (SSSR count). The van der Waals surface area contributed by atoms with Crippen LogP contribution in [-0.4, -0.2) is 49.1 Å². The van der Waals surface area contributed by atoms with Gasteiger partial charge < -0.3 is 14.5 Å². The number of morpholine rings is 1. The lowest BCUT2D eigenvalue weighted by Crippen LogP contribution is -2.35. The lowest BCUT2D eigenvalue weighted by Gasteiger charge is -2.28. The third kappa shape index (κ3) is 4.77. The van der Waals surface area contributed by atoms with Crippen LogP contribution in [0.4, 0.5) is 10.7 Å². The van der Waals surface area contributed by atoms with Gasteiger partial charge >= 0.3 is 0 Å². The molecule has 0 bridgehead atoms. The number of amides is 1. The van der Waals surface area contributed by atoms with Crippen LogP contribution >= 0.6 is 22.9 Å². The number of carbonyl (C=O) groups excluding carboxylic acids is 1. The predicted octanol–water partition coefficient (Wildman–Crippen LogP) is 5.09. The fourth-order valence-corrected chi connectivity index (χ4v) is 5.03. The average molecular weight is 472 g/mol. The molecule has 0 N–H and O–H groups in total. The number of carbonyl (C=O) groups is 1. The highest BCUT2D eigenvalue weighted by atomic mass is 35.5. The van der Waals surface area contributed by atoms with E-state index in [0.717, 1.165) is 29.2 Å². The van der Waals surface area contributed by atoms with Gasteiger partial charge in [0.2, 0.25) is 0 Å². The molecule has 0 atom stereocenters. The summed E-state index contributed by atoms with van der Waals surface area (Å²) in [4.78, 5) is 28.3. The van der Waals surface area contributed by atoms with Crippen molar-refractivity contribution in [2.75, 3.05) is 38.3 Å². The molecule has 1 aliphatic rings. The molecule has 1 saturated heterocycles. The summed E-state index contributed by atoms with van der Waals surface area (Å²) in [6.07, 6.45) is 0. The number of anilines is 1. The van der Waals surface area contributed by atoms with Crippen molar-refractivity contribution in [1.29, 1.82) is 0 Å². The zero-order valence-corrected chi connectivity index (χ0v) is 19.1. The van der Waals surface area contributed by atoms with E-state index in [1.54, 1.807) is 7.05 Å². The molecule has 32 heavy (non-hydrogen) atoms. The molecule has 7 nitrogen and oxygen atoms in total. The van der Waals surface area contributed by atoms with Crippen LogP contribution in [0.3, 0.4) is 0 Å². The fourth-order valence-electron chi connectivity index (χ4n) is 3.62. The lowest BCUT2D eigenvalue weighted by atomic mass is 10.1. The van der Waals surface area contributed by atoms with Gasteiger partial charge in [-0.2, -0.15) is 0 Å². The fraction of sp³-hybridized carbons (Fsp3) is 0.261. The first-order valence-electron chi connectivity index (χ1n) is 10.1. The number of non-ortho nitro benzene ring substituents is 1. The molecule has 1 aromatic heterocycles. The number of thiophene rings is 1. The summed E-state index contributed by atoms with van der Waals surface area (Å²) in [5, 5.41) is 12.5. The van der Waals surface area contributed by atoms with E-state index >= 15 is 0 Å². The van der Waals surface area contributed by atoms with Gasteiger partial charge in [-0.25, -0.2) is 0 Å². The first-order chi connectivity index (χ1) is 15.4. The average Bonchev–Trinajstić information content (AvgIpc) is 3.26. The summed E-state index contributed by atoms with van der Waals surface area (Å²) in [6, 6.07) is 16.2. The summed E-state index contributed by atoms with van der Waals surface area (Å²) in [6.45, 7) is 3.02. The highest BCUT2D eigenvalue weighted by Crippen LogP contribution is 2.40. The van der Waals surface area contributed by atoms with Crippen LogP contribution in [0.2, 0.25) is 5.02 Å². The molecule has 1 amide bonds. The van der Waals surface area contributed by atoms with Gasteiger partial charge in [-0.15, -0.1) is 11.3 Å². The van der Waals surface area contributed by atoms with Crippen molar-refractivity contribution in [1.82, 2.24) is 4.90 Å². The molecule has 2 heterocycles. The highest BCUT2D eigenvalue weighted by molar-refractivity contribution is 7.18. The molecule has 2 aromatic carbocycles. The normalized spacial score (nSPS) is 13.8. The topological polar surface area (TPSA) is 75.9 Å². The minimum Gasteiger partial charge on any atom is -0.378 e. The van der Waals surface area contributed by atoms with Crippen molar-refractivity contribution < 1.29 is 14.5 Å². The summed E-state index contributed by atoms with van der Waals surface area (Å²) >= 11 is 7.69. The molecular formula is C23H22ClN3O4S. The summed E-state index contributed by atoms with van der Waals surface area (Å²) in [5.74, 6) is -0.158. The molecule has 3 aromatic rings. The van der Waals surface area contributed by atoms with E-state index in [-0.39, 0.29) is 18.1 Å². The third-order valence-electron chi connectivity index (χ3n) is 5.30. The van der Waals surface area contributed by atoms with Crippen molar-refractivity contribution in [2.24, 2.45) is 0 Å². The molecule has 1 fully saturated rings. The van der Waals surface area contributed by atoms with Crippen LogP contribution in [0.5, 0.6) is 0 Å². The number of nitrogens with zero attached hydrogens (tertiary/aromatic N) is 3. The molecule has 0 saturated carbocycles. The second-order valence-corrected chi connectivity index (χ2v) is 8.93. The smallest absolute Gasteiger partial charge is 0.269 e. The Morgan fingerprint density at radius 3 is 2.59 bits per heavy atom. The maximum atomic E-state index is 13.3. The molecule has 0 unspecified atom stereocenters. The van der Waals surface area contributed by atoms with Crippen molar-refractivity contribution in [2.45, 2.75) is 6.54 Å². The molecule has 0 aliphatic carbocycles. The zero-order valence-electron chi connectivity index (χ0n) is 17.5. The quantitative estimate of drug-likeness (QED) is 0.370. The Kier molecular flexibility index (Phi) is 6.74. The van der Waals surface area contributed by atoms with Crippen molar-refractivity contribution in [3.05, 3.63) is 80.2 Å². The van der Waals surface area contributed by atoms with Gasteiger partial charge in [0, 0.05) is 49.4 Å². The number of hydrogen-bond donors (Lipinski definition) is 0. The molecule has 166 valence electrons. The number of nitro benzene ring substituents is 1. The van der Waals surface area contributed by atoms with Crippen molar-refractivity contribution in [3.8, 4) is 11.1 Å². The zero-order chi connectivity index (χ0) is 22.7. The molecule has 0 spiro atoms. The van der Waals surface area contributed by atoms with Gasteiger partial charge in [0.15, 0.2) is 0 Å². The first kappa shape index (κ1) is 22.3. The minimum absolute atomic E-state index is 0.0534. The number of benzene rings is 2. The van der Waals surface area contributed by atoms with Crippen LogP contribution in [0.15, 0.2) is 54.6 Å². The van der Waals surface area contributed by atoms with Crippen LogP contribution in [0.25, 0.3) is 11.1 Å². The Labute approximate surface area is 194 Å². The van der Waals surface area contributed by atoms with Gasteiger partial charge in [-0.1, -0.05) is 41.9 Å². The summed E-state index contributed by atoms with van der Waals surface area (Å²) < 4.78 is 5.49. The minimum atomic E-state index is -0.471. The predicted molar refractivity (Wildman–Crippen MR) is 127 cm³/mol. The summed E-state index contributed by atoms with van der Waals surface area (Å²) in [7, 11) is 1.67. The number of ether oxygens (including phenoxy) is 1. The van der Waals surface area contributed by atoms with Gasteiger partial charge in [-0.05, 0) is 23.3 Å². The van der Waals surface area contributed by atoms with Gasteiger partial charge in [0.05, 0.1) is 28.0 Å². The number of hydrogen-bond acceptors (Lipinski definition) is 6.